The minimum Gasteiger partial charge on any atom is -0.493 e. The van der Waals surface area contributed by atoms with E-state index in [4.69, 9.17) is 9.84 Å². The maximum absolute atomic E-state index is 12.1. The van der Waals surface area contributed by atoms with Crippen molar-refractivity contribution in [2.24, 2.45) is 0 Å². The number of hydrogen-bond acceptors (Lipinski definition) is 4. The zero-order valence-corrected chi connectivity index (χ0v) is 14.9. The van der Waals surface area contributed by atoms with Crippen molar-refractivity contribution < 1.29 is 24.2 Å². The Morgan fingerprint density at radius 1 is 1.17 bits per heavy atom. The summed E-state index contributed by atoms with van der Waals surface area (Å²) in [5.41, 5.74) is 1.05. The molecule has 0 unspecified atom stereocenters. The molecule has 1 aliphatic heterocycles. The van der Waals surface area contributed by atoms with Gasteiger partial charge in [0, 0.05) is 30.7 Å². The molecule has 1 N–H and O–H groups in total. The SMILES string of the molecule is Cc1cc(OCCC(=O)N2CCN(C(=O)C(=O)O)CC2)ccc1Br. The van der Waals surface area contributed by atoms with E-state index in [9.17, 15) is 14.4 Å². The highest BCUT2D eigenvalue weighted by Crippen LogP contribution is 2.21. The molecule has 1 aliphatic rings. The topological polar surface area (TPSA) is 87.2 Å². The molecule has 1 aromatic rings. The number of carbonyl (C=O) groups excluding carboxylic acids is 2. The first kappa shape index (κ1) is 18.3. The number of carboxylic acid groups (broad SMARTS) is 1. The van der Waals surface area contributed by atoms with Gasteiger partial charge in [-0.05, 0) is 30.7 Å². The largest absolute Gasteiger partial charge is 0.493 e. The fourth-order valence-electron chi connectivity index (χ4n) is 2.42. The molecule has 8 heteroatoms. The van der Waals surface area contributed by atoms with Gasteiger partial charge in [-0.15, -0.1) is 0 Å². The van der Waals surface area contributed by atoms with Gasteiger partial charge >= 0.3 is 11.9 Å². The van der Waals surface area contributed by atoms with Crippen LogP contribution >= 0.6 is 15.9 Å². The first-order chi connectivity index (χ1) is 11.4. The summed E-state index contributed by atoms with van der Waals surface area (Å²) in [4.78, 5) is 37.0. The van der Waals surface area contributed by atoms with Gasteiger partial charge in [0.2, 0.25) is 5.91 Å². The zero-order valence-electron chi connectivity index (χ0n) is 13.3. The van der Waals surface area contributed by atoms with Crippen LogP contribution in [0.15, 0.2) is 22.7 Å². The summed E-state index contributed by atoms with van der Waals surface area (Å²) in [6, 6.07) is 5.62. The van der Waals surface area contributed by atoms with Crippen LogP contribution in [0.5, 0.6) is 5.75 Å². The zero-order chi connectivity index (χ0) is 17.7. The summed E-state index contributed by atoms with van der Waals surface area (Å²) in [6.07, 6.45) is 0.238. The van der Waals surface area contributed by atoms with Crippen LogP contribution in [0.2, 0.25) is 0 Å². The Balaban J connectivity index is 1.74. The summed E-state index contributed by atoms with van der Waals surface area (Å²) in [5, 5.41) is 8.68. The van der Waals surface area contributed by atoms with E-state index in [1.807, 2.05) is 25.1 Å². The normalized spacial score (nSPS) is 14.4. The number of carboxylic acids is 1. The first-order valence-corrected chi connectivity index (χ1v) is 8.36. The Hall–Kier alpha value is -2.09. The molecule has 1 heterocycles. The summed E-state index contributed by atoms with van der Waals surface area (Å²) in [5.74, 6) is -1.74. The number of aryl methyl sites for hydroxylation is 1. The molecular weight excluding hydrogens is 380 g/mol. The van der Waals surface area contributed by atoms with E-state index in [1.54, 1.807) is 4.90 Å². The predicted molar refractivity (Wildman–Crippen MR) is 89.8 cm³/mol. The molecule has 2 rings (SSSR count). The van der Waals surface area contributed by atoms with E-state index in [-0.39, 0.29) is 32.0 Å². The highest BCUT2D eigenvalue weighted by Gasteiger charge is 2.27. The lowest BCUT2D eigenvalue weighted by atomic mass is 10.2. The van der Waals surface area contributed by atoms with Crippen molar-refractivity contribution in [1.82, 2.24) is 9.80 Å². The number of hydrogen-bond donors (Lipinski definition) is 1. The average Bonchev–Trinajstić information content (AvgIpc) is 2.57. The molecule has 0 spiro atoms. The molecule has 130 valence electrons. The van der Waals surface area contributed by atoms with Gasteiger partial charge in [0.25, 0.3) is 0 Å². The van der Waals surface area contributed by atoms with Crippen LogP contribution in [0.25, 0.3) is 0 Å². The number of nitrogens with zero attached hydrogens (tertiary/aromatic N) is 2. The van der Waals surface area contributed by atoms with Crippen molar-refractivity contribution in [2.75, 3.05) is 32.8 Å². The van der Waals surface area contributed by atoms with Gasteiger partial charge in [0.05, 0.1) is 13.0 Å². The van der Waals surface area contributed by atoms with E-state index < -0.39 is 11.9 Å². The fourth-order valence-corrected chi connectivity index (χ4v) is 2.66. The van der Waals surface area contributed by atoms with Crippen molar-refractivity contribution in [3.63, 3.8) is 0 Å². The second-order valence-electron chi connectivity index (χ2n) is 5.49. The van der Waals surface area contributed by atoms with Crippen molar-refractivity contribution in [3.8, 4) is 5.75 Å². The number of piperazine rings is 1. The third kappa shape index (κ3) is 4.70. The number of amides is 2. The molecule has 0 bridgehead atoms. The molecule has 0 atom stereocenters. The maximum Gasteiger partial charge on any atom is 0.394 e. The number of aliphatic carboxylic acids is 1. The molecule has 0 radical (unpaired) electrons. The van der Waals surface area contributed by atoms with Crippen LogP contribution in [0.3, 0.4) is 0 Å². The minimum atomic E-state index is -1.46. The first-order valence-electron chi connectivity index (χ1n) is 7.57. The number of rotatable bonds is 4. The molecule has 0 aliphatic carbocycles. The number of halogens is 1. The van der Waals surface area contributed by atoms with Crippen molar-refractivity contribution in [3.05, 3.63) is 28.2 Å². The lowest BCUT2D eigenvalue weighted by Gasteiger charge is -2.33. The van der Waals surface area contributed by atoms with Crippen LogP contribution in [0, 0.1) is 6.92 Å². The number of carbonyl (C=O) groups is 3. The monoisotopic (exact) mass is 398 g/mol. The lowest BCUT2D eigenvalue weighted by molar-refractivity contribution is -0.157. The minimum absolute atomic E-state index is 0.0637. The summed E-state index contributed by atoms with van der Waals surface area (Å²) in [6.45, 7) is 3.39. The quantitative estimate of drug-likeness (QED) is 0.771. The van der Waals surface area contributed by atoms with Crippen molar-refractivity contribution in [2.45, 2.75) is 13.3 Å². The predicted octanol–water partition coefficient (Wildman–Crippen LogP) is 1.28. The van der Waals surface area contributed by atoms with Crippen molar-refractivity contribution in [1.29, 1.82) is 0 Å². The summed E-state index contributed by atoms with van der Waals surface area (Å²) >= 11 is 3.42. The molecule has 1 aromatic carbocycles. The standard InChI is InChI=1S/C16H19BrN2O5/c1-11-10-12(2-3-13(11)17)24-9-4-14(20)18-5-7-19(8-6-18)15(21)16(22)23/h2-3,10H,4-9H2,1H3,(H,22,23). The second-order valence-corrected chi connectivity index (χ2v) is 6.34. The van der Waals surface area contributed by atoms with E-state index in [2.05, 4.69) is 15.9 Å². The van der Waals surface area contributed by atoms with Gasteiger partial charge in [-0.3, -0.25) is 9.59 Å². The molecule has 7 nitrogen and oxygen atoms in total. The van der Waals surface area contributed by atoms with Crippen LogP contribution in [0.1, 0.15) is 12.0 Å². The molecular formula is C16H19BrN2O5. The Labute approximate surface area is 148 Å². The molecule has 0 saturated carbocycles. The van der Waals surface area contributed by atoms with Crippen LogP contribution < -0.4 is 4.74 Å². The summed E-state index contributed by atoms with van der Waals surface area (Å²) in [7, 11) is 0. The highest BCUT2D eigenvalue weighted by molar-refractivity contribution is 9.10. The van der Waals surface area contributed by atoms with Gasteiger partial charge in [-0.25, -0.2) is 4.79 Å². The molecule has 1 fully saturated rings. The lowest BCUT2D eigenvalue weighted by Crippen LogP contribution is -2.52. The number of ether oxygens (including phenoxy) is 1. The van der Waals surface area contributed by atoms with Gasteiger partial charge in [-0.2, -0.15) is 0 Å². The van der Waals surface area contributed by atoms with E-state index in [1.165, 1.54) is 4.90 Å². The van der Waals surface area contributed by atoms with Gasteiger partial charge < -0.3 is 19.6 Å². The van der Waals surface area contributed by atoms with Crippen molar-refractivity contribution >= 4 is 33.7 Å². The third-order valence-electron chi connectivity index (χ3n) is 3.82. The van der Waals surface area contributed by atoms with Crippen LogP contribution in [0.4, 0.5) is 0 Å². The molecule has 0 aromatic heterocycles. The molecule has 2 amide bonds. The smallest absolute Gasteiger partial charge is 0.394 e. The summed E-state index contributed by atoms with van der Waals surface area (Å²) < 4.78 is 6.58. The van der Waals surface area contributed by atoms with Crippen LogP contribution in [-0.4, -0.2) is 65.5 Å². The number of benzene rings is 1. The Bertz CT molecular complexity index is 641. The van der Waals surface area contributed by atoms with E-state index in [0.29, 0.717) is 18.8 Å². The van der Waals surface area contributed by atoms with E-state index in [0.717, 1.165) is 10.0 Å². The van der Waals surface area contributed by atoms with Gasteiger partial charge in [0.15, 0.2) is 0 Å². The Kier molecular flexibility index (Phi) is 6.19. The fraction of sp³-hybridized carbons (Fsp3) is 0.438. The second kappa shape index (κ2) is 8.14. The van der Waals surface area contributed by atoms with Crippen LogP contribution in [-0.2, 0) is 14.4 Å². The molecule has 1 saturated heterocycles. The average molecular weight is 399 g/mol. The maximum atomic E-state index is 12.1. The molecule has 24 heavy (non-hydrogen) atoms. The Morgan fingerprint density at radius 3 is 2.38 bits per heavy atom. The van der Waals surface area contributed by atoms with E-state index >= 15 is 0 Å². The van der Waals surface area contributed by atoms with Gasteiger partial charge in [-0.1, -0.05) is 15.9 Å². The Morgan fingerprint density at radius 2 is 1.79 bits per heavy atom. The van der Waals surface area contributed by atoms with Gasteiger partial charge in [0.1, 0.15) is 5.75 Å². The third-order valence-corrected chi connectivity index (χ3v) is 4.71. The highest BCUT2D eigenvalue weighted by atomic mass is 79.9.